The smallest absolute Gasteiger partial charge is 0.128 e. The number of anilines is 4. The predicted octanol–water partition coefficient (Wildman–Crippen LogP) is 6.06. The fourth-order valence-electron chi connectivity index (χ4n) is 5.27. The van der Waals surface area contributed by atoms with Crippen molar-refractivity contribution in [2.24, 2.45) is 0 Å². The summed E-state index contributed by atoms with van der Waals surface area (Å²) in [5.41, 5.74) is 5.77. The van der Waals surface area contributed by atoms with E-state index in [0.717, 1.165) is 61.9 Å². The number of nitrogens with zero attached hydrogens (tertiary/aromatic N) is 3. The van der Waals surface area contributed by atoms with Crippen molar-refractivity contribution in [2.45, 2.75) is 25.2 Å². The lowest BCUT2D eigenvalue weighted by molar-refractivity contribution is 0.122. The van der Waals surface area contributed by atoms with E-state index in [1.807, 2.05) is 6.20 Å². The van der Waals surface area contributed by atoms with Gasteiger partial charge >= 0.3 is 0 Å². The molecule has 2 fully saturated rings. The maximum atomic E-state index is 5.47. The van der Waals surface area contributed by atoms with Gasteiger partial charge in [0.2, 0.25) is 0 Å². The normalized spacial score (nSPS) is 19.6. The van der Waals surface area contributed by atoms with Gasteiger partial charge in [-0.2, -0.15) is 0 Å². The van der Waals surface area contributed by atoms with E-state index < -0.39 is 0 Å². The van der Waals surface area contributed by atoms with Crippen molar-refractivity contribution in [3.05, 3.63) is 103 Å². The van der Waals surface area contributed by atoms with Gasteiger partial charge in [0.1, 0.15) is 18.1 Å². The number of pyridine rings is 1. The summed E-state index contributed by atoms with van der Waals surface area (Å²) in [6.07, 6.45) is 4.48. The maximum Gasteiger partial charge on any atom is 0.128 e. The standard InChI is InChI=1S/C31H33N5O/c1-3-7-26(8-4-1)33-30-17-18-31(34-27-9-5-2-6-10-27)36(30)28-14-11-24(12-15-28)25-13-16-29(32-23-25)35-19-21-37-22-20-35/h1-16,23,30-31,33-34H,17-22H2. The second kappa shape index (κ2) is 10.9. The molecule has 2 unspecified atom stereocenters. The van der Waals surface area contributed by atoms with Gasteiger partial charge in [-0.1, -0.05) is 48.5 Å². The van der Waals surface area contributed by atoms with Gasteiger partial charge in [-0.05, 0) is 66.9 Å². The summed E-state index contributed by atoms with van der Waals surface area (Å²) >= 11 is 0. The molecule has 0 spiro atoms. The van der Waals surface area contributed by atoms with Crippen molar-refractivity contribution < 1.29 is 4.74 Å². The molecular formula is C31H33N5O. The quantitative estimate of drug-likeness (QED) is 0.328. The highest BCUT2D eigenvalue weighted by Gasteiger charge is 2.33. The minimum Gasteiger partial charge on any atom is -0.378 e. The number of ether oxygens (including phenoxy) is 1. The van der Waals surface area contributed by atoms with Crippen molar-refractivity contribution in [2.75, 3.05) is 46.7 Å². The van der Waals surface area contributed by atoms with E-state index in [0.29, 0.717) is 0 Å². The molecule has 6 heteroatoms. The van der Waals surface area contributed by atoms with Gasteiger partial charge in [0.15, 0.2) is 0 Å². The summed E-state index contributed by atoms with van der Waals surface area (Å²) in [6.45, 7) is 3.32. The van der Waals surface area contributed by atoms with Gasteiger partial charge < -0.3 is 25.2 Å². The van der Waals surface area contributed by atoms with Crippen LogP contribution in [0.4, 0.5) is 22.9 Å². The van der Waals surface area contributed by atoms with Gasteiger partial charge in [0.05, 0.1) is 13.2 Å². The number of morpholine rings is 1. The molecule has 0 bridgehead atoms. The third-order valence-electron chi connectivity index (χ3n) is 7.18. The molecular weight excluding hydrogens is 458 g/mol. The SMILES string of the molecule is c1ccc(NC2CCC(Nc3ccccc3)N2c2ccc(-c3ccc(N4CCOCC4)nc3)cc2)cc1. The van der Waals surface area contributed by atoms with Gasteiger partial charge in [-0.15, -0.1) is 0 Å². The summed E-state index contributed by atoms with van der Waals surface area (Å²) in [7, 11) is 0. The van der Waals surface area contributed by atoms with Crippen LogP contribution in [0.2, 0.25) is 0 Å². The van der Waals surface area contributed by atoms with E-state index in [1.165, 1.54) is 11.3 Å². The Labute approximate surface area is 218 Å². The third-order valence-corrected chi connectivity index (χ3v) is 7.18. The van der Waals surface area contributed by atoms with Gasteiger partial charge in [-0.3, -0.25) is 0 Å². The highest BCUT2D eigenvalue weighted by atomic mass is 16.5. The second-order valence-electron chi connectivity index (χ2n) is 9.59. The predicted molar refractivity (Wildman–Crippen MR) is 152 cm³/mol. The first-order chi connectivity index (χ1) is 18.3. The number of hydrogen-bond acceptors (Lipinski definition) is 6. The zero-order valence-corrected chi connectivity index (χ0v) is 21.0. The van der Waals surface area contributed by atoms with Gasteiger partial charge in [0, 0.05) is 41.9 Å². The zero-order valence-electron chi connectivity index (χ0n) is 21.0. The fraction of sp³-hybridized carbons (Fsp3) is 0.258. The lowest BCUT2D eigenvalue weighted by atomic mass is 10.1. The lowest BCUT2D eigenvalue weighted by Crippen LogP contribution is -2.44. The second-order valence-corrected chi connectivity index (χ2v) is 9.59. The summed E-state index contributed by atoms with van der Waals surface area (Å²) in [6, 6.07) is 34.1. The molecule has 2 aliphatic heterocycles. The molecule has 1 aromatic heterocycles. The van der Waals surface area contributed by atoms with Crippen LogP contribution in [0.5, 0.6) is 0 Å². The summed E-state index contributed by atoms with van der Waals surface area (Å²) < 4.78 is 5.47. The van der Waals surface area contributed by atoms with E-state index in [2.05, 4.69) is 117 Å². The Bertz CT molecular complexity index is 1210. The third kappa shape index (κ3) is 5.39. The van der Waals surface area contributed by atoms with Crippen molar-refractivity contribution in [1.82, 2.24) is 4.98 Å². The highest BCUT2D eigenvalue weighted by molar-refractivity contribution is 5.68. The van der Waals surface area contributed by atoms with Crippen molar-refractivity contribution in [3.63, 3.8) is 0 Å². The number of para-hydroxylation sites is 2. The van der Waals surface area contributed by atoms with Crippen LogP contribution in [0.25, 0.3) is 11.1 Å². The molecule has 2 atom stereocenters. The van der Waals surface area contributed by atoms with Crippen LogP contribution >= 0.6 is 0 Å². The van der Waals surface area contributed by atoms with E-state index in [9.17, 15) is 0 Å². The molecule has 3 aromatic carbocycles. The Morgan fingerprint density at radius 2 is 1.22 bits per heavy atom. The Morgan fingerprint density at radius 1 is 0.649 bits per heavy atom. The van der Waals surface area contributed by atoms with Crippen molar-refractivity contribution in [3.8, 4) is 11.1 Å². The number of benzene rings is 3. The molecule has 188 valence electrons. The van der Waals surface area contributed by atoms with Gasteiger partial charge in [-0.25, -0.2) is 4.98 Å². The first kappa shape index (κ1) is 23.4. The average Bonchev–Trinajstić information content (AvgIpc) is 3.36. The van der Waals surface area contributed by atoms with E-state index in [1.54, 1.807) is 0 Å². The van der Waals surface area contributed by atoms with Gasteiger partial charge in [0.25, 0.3) is 0 Å². The van der Waals surface area contributed by atoms with E-state index in [4.69, 9.17) is 9.72 Å². The minimum absolute atomic E-state index is 0.198. The first-order valence-corrected chi connectivity index (χ1v) is 13.1. The molecule has 37 heavy (non-hydrogen) atoms. The summed E-state index contributed by atoms with van der Waals surface area (Å²) in [5.74, 6) is 1.02. The zero-order chi connectivity index (χ0) is 24.9. The molecule has 3 heterocycles. The number of aromatic nitrogens is 1. The van der Waals surface area contributed by atoms with Crippen LogP contribution in [0.3, 0.4) is 0 Å². The summed E-state index contributed by atoms with van der Waals surface area (Å²) in [5, 5.41) is 7.50. The van der Waals surface area contributed by atoms with Crippen LogP contribution in [0, 0.1) is 0 Å². The van der Waals surface area contributed by atoms with Crippen LogP contribution < -0.4 is 20.4 Å². The minimum atomic E-state index is 0.198. The highest BCUT2D eigenvalue weighted by Crippen LogP contribution is 2.33. The van der Waals surface area contributed by atoms with Crippen molar-refractivity contribution in [1.29, 1.82) is 0 Å². The summed E-state index contributed by atoms with van der Waals surface area (Å²) in [4.78, 5) is 9.49. The average molecular weight is 492 g/mol. The van der Waals surface area contributed by atoms with Crippen LogP contribution in [-0.4, -0.2) is 43.6 Å². The van der Waals surface area contributed by atoms with Crippen molar-refractivity contribution >= 4 is 22.9 Å². The molecule has 0 radical (unpaired) electrons. The van der Waals surface area contributed by atoms with E-state index in [-0.39, 0.29) is 12.3 Å². The molecule has 0 aliphatic carbocycles. The number of nitrogens with one attached hydrogen (secondary N) is 2. The molecule has 6 nitrogen and oxygen atoms in total. The molecule has 2 N–H and O–H groups in total. The molecule has 2 aliphatic rings. The Kier molecular flexibility index (Phi) is 6.90. The van der Waals surface area contributed by atoms with Crippen LogP contribution in [-0.2, 0) is 4.74 Å². The number of hydrogen-bond donors (Lipinski definition) is 2. The number of rotatable bonds is 7. The van der Waals surface area contributed by atoms with Crippen LogP contribution in [0.1, 0.15) is 12.8 Å². The first-order valence-electron chi connectivity index (χ1n) is 13.1. The molecule has 4 aromatic rings. The van der Waals surface area contributed by atoms with E-state index >= 15 is 0 Å². The van der Waals surface area contributed by atoms with Crippen LogP contribution in [0.15, 0.2) is 103 Å². The topological polar surface area (TPSA) is 52.7 Å². The molecule has 0 amide bonds. The Morgan fingerprint density at radius 3 is 1.76 bits per heavy atom. The molecule has 6 rings (SSSR count). The maximum absolute atomic E-state index is 5.47. The Balaban J connectivity index is 1.23. The fourth-order valence-corrected chi connectivity index (χ4v) is 5.27. The Hall–Kier alpha value is -4.03. The largest absolute Gasteiger partial charge is 0.378 e. The monoisotopic (exact) mass is 491 g/mol. The molecule has 2 saturated heterocycles. The lowest BCUT2D eigenvalue weighted by Gasteiger charge is -2.34. The molecule has 0 saturated carbocycles.